The van der Waals surface area contributed by atoms with Crippen molar-refractivity contribution in [1.29, 1.82) is 0 Å². The van der Waals surface area contributed by atoms with E-state index in [9.17, 15) is 26.4 Å². The minimum absolute atomic E-state index is 0.213. The molecule has 0 spiro atoms. The smallest absolute Gasteiger partial charge is 0.351 e. The molecule has 1 aliphatic heterocycles. The molecule has 1 atom stereocenters. The minimum Gasteiger partial charge on any atom is -0.351 e. The van der Waals surface area contributed by atoms with Gasteiger partial charge in [0.2, 0.25) is 15.9 Å². The number of benzene rings is 2. The molecule has 0 aliphatic carbocycles. The predicted octanol–water partition coefficient (Wildman–Crippen LogP) is 3.53. The average molecular weight is 484 g/mol. The lowest BCUT2D eigenvalue weighted by Crippen LogP contribution is -2.36. The van der Waals surface area contributed by atoms with Crippen LogP contribution in [0.2, 0.25) is 0 Å². The van der Waals surface area contributed by atoms with E-state index >= 15 is 0 Å². The monoisotopic (exact) mass is 483 g/mol. The van der Waals surface area contributed by atoms with Gasteiger partial charge >= 0.3 is 6.18 Å². The fourth-order valence-electron chi connectivity index (χ4n) is 3.80. The van der Waals surface area contributed by atoms with Crippen molar-refractivity contribution in [2.45, 2.75) is 43.9 Å². The number of carbonyl (C=O) groups is 1. The first-order valence-corrected chi connectivity index (χ1v) is 12.2. The number of hydrogen-bond donors (Lipinski definition) is 2. The van der Waals surface area contributed by atoms with Gasteiger partial charge in [0.1, 0.15) is 0 Å². The van der Waals surface area contributed by atoms with E-state index in [0.717, 1.165) is 43.4 Å². The fraction of sp³-hybridized carbons (Fsp3) is 0.435. The molecule has 33 heavy (non-hydrogen) atoms. The Kier molecular flexibility index (Phi) is 8.14. The molecule has 1 heterocycles. The van der Waals surface area contributed by atoms with Crippen molar-refractivity contribution in [3.63, 3.8) is 0 Å². The van der Waals surface area contributed by atoms with E-state index in [2.05, 4.69) is 17.1 Å². The molecule has 10 heteroatoms. The second kappa shape index (κ2) is 10.7. The zero-order chi connectivity index (χ0) is 24.1. The maximum Gasteiger partial charge on any atom is 0.416 e. The van der Waals surface area contributed by atoms with Gasteiger partial charge in [-0.05, 0) is 54.6 Å². The number of sulfonamides is 1. The largest absolute Gasteiger partial charge is 0.416 e. The molecule has 1 unspecified atom stereocenters. The van der Waals surface area contributed by atoms with Gasteiger partial charge in [0.05, 0.1) is 17.0 Å². The highest BCUT2D eigenvalue weighted by Gasteiger charge is 2.31. The van der Waals surface area contributed by atoms with Crippen molar-refractivity contribution < 1.29 is 26.4 Å². The van der Waals surface area contributed by atoms with Crippen molar-refractivity contribution in [3.05, 3.63) is 65.2 Å². The van der Waals surface area contributed by atoms with Gasteiger partial charge in [0.25, 0.3) is 0 Å². The molecular formula is C23H28F3N3O3S. The summed E-state index contributed by atoms with van der Waals surface area (Å²) in [6.07, 6.45) is -2.18. The molecule has 0 aromatic heterocycles. The molecule has 2 N–H and O–H groups in total. The number of rotatable bonds is 8. The second-order valence-corrected chi connectivity index (χ2v) is 10.2. The summed E-state index contributed by atoms with van der Waals surface area (Å²) in [4.78, 5) is 13.9. The molecule has 0 radical (unpaired) electrons. The molecule has 1 amide bonds. The van der Waals surface area contributed by atoms with E-state index in [0.29, 0.717) is 12.0 Å². The third-order valence-electron chi connectivity index (χ3n) is 5.55. The van der Waals surface area contributed by atoms with Crippen LogP contribution in [0.1, 0.15) is 36.5 Å². The summed E-state index contributed by atoms with van der Waals surface area (Å²) in [5, 5.41) is 2.61. The van der Waals surface area contributed by atoms with E-state index in [1.807, 2.05) is 29.0 Å². The van der Waals surface area contributed by atoms with Crippen LogP contribution in [0.25, 0.3) is 0 Å². The van der Waals surface area contributed by atoms with Gasteiger partial charge < -0.3 is 5.32 Å². The Balaban J connectivity index is 1.47. The zero-order valence-electron chi connectivity index (χ0n) is 18.4. The van der Waals surface area contributed by atoms with E-state index < -0.39 is 39.1 Å². The molecular weight excluding hydrogens is 455 g/mol. The summed E-state index contributed by atoms with van der Waals surface area (Å²) in [7, 11) is -4.26. The van der Waals surface area contributed by atoms with Crippen LogP contribution in [0.5, 0.6) is 0 Å². The Hall–Kier alpha value is -2.43. The summed E-state index contributed by atoms with van der Waals surface area (Å²) in [5.74, 6) is 0.121. The van der Waals surface area contributed by atoms with Crippen molar-refractivity contribution >= 4 is 15.9 Å². The topological polar surface area (TPSA) is 78.5 Å². The number of alkyl halides is 3. The summed E-state index contributed by atoms with van der Waals surface area (Å²) in [5.41, 5.74) is 0.973. The molecule has 180 valence electrons. The van der Waals surface area contributed by atoms with Crippen LogP contribution in [0.15, 0.2) is 53.4 Å². The highest BCUT2D eigenvalue weighted by Crippen LogP contribution is 2.30. The van der Waals surface area contributed by atoms with Crippen molar-refractivity contribution in [2.75, 3.05) is 19.6 Å². The van der Waals surface area contributed by atoms with Gasteiger partial charge in [-0.15, -0.1) is 0 Å². The van der Waals surface area contributed by atoms with Crippen LogP contribution in [0.4, 0.5) is 13.2 Å². The fourth-order valence-corrected chi connectivity index (χ4v) is 4.83. The third-order valence-corrected chi connectivity index (χ3v) is 6.95. The van der Waals surface area contributed by atoms with Gasteiger partial charge in [-0.1, -0.05) is 37.3 Å². The maximum atomic E-state index is 12.8. The SMILES string of the molecule is CC1CCCN(Cc2ccc(CNC(=O)CNS(=O)(=O)c3cccc(C(F)(F)F)c3)cc2)C1. The predicted molar refractivity (Wildman–Crippen MR) is 119 cm³/mol. The van der Waals surface area contributed by atoms with Crippen LogP contribution in [0, 0.1) is 5.92 Å². The number of nitrogens with one attached hydrogen (secondary N) is 2. The molecule has 3 rings (SSSR count). The zero-order valence-corrected chi connectivity index (χ0v) is 19.2. The standard InChI is InChI=1S/C23H28F3N3O3S/c1-17-4-3-11-29(15-17)16-19-9-7-18(8-10-19)13-27-22(30)14-28-33(31,32)21-6-2-5-20(12-21)23(24,25)26/h2,5-10,12,17,28H,3-4,11,13-16H2,1H3,(H,27,30). The Bertz CT molecular complexity index is 1060. The van der Waals surface area contributed by atoms with Crippen molar-refractivity contribution in [1.82, 2.24) is 14.9 Å². The number of nitrogens with zero attached hydrogens (tertiary/aromatic N) is 1. The molecule has 0 bridgehead atoms. The summed E-state index contributed by atoms with van der Waals surface area (Å²) in [6.45, 7) is 4.97. The van der Waals surface area contributed by atoms with E-state index in [4.69, 9.17) is 0 Å². The lowest BCUT2D eigenvalue weighted by Gasteiger charge is -2.30. The van der Waals surface area contributed by atoms with Gasteiger partial charge in [0, 0.05) is 19.6 Å². The van der Waals surface area contributed by atoms with Crippen LogP contribution in [0.3, 0.4) is 0 Å². The summed E-state index contributed by atoms with van der Waals surface area (Å²) >= 11 is 0. The van der Waals surface area contributed by atoms with Crippen molar-refractivity contribution in [2.24, 2.45) is 5.92 Å². The number of carbonyl (C=O) groups excluding carboxylic acids is 1. The lowest BCUT2D eigenvalue weighted by molar-refractivity contribution is -0.137. The first kappa shape index (κ1) is 25.2. The minimum atomic E-state index is -4.66. The van der Waals surface area contributed by atoms with Gasteiger partial charge in [-0.3, -0.25) is 9.69 Å². The molecule has 1 saturated heterocycles. The van der Waals surface area contributed by atoms with Gasteiger partial charge in [0.15, 0.2) is 0 Å². The Morgan fingerprint density at radius 2 is 1.82 bits per heavy atom. The van der Waals surface area contributed by atoms with Crippen molar-refractivity contribution in [3.8, 4) is 0 Å². The highest BCUT2D eigenvalue weighted by atomic mass is 32.2. The Morgan fingerprint density at radius 1 is 1.12 bits per heavy atom. The Morgan fingerprint density at radius 3 is 2.48 bits per heavy atom. The number of hydrogen-bond acceptors (Lipinski definition) is 4. The quantitative estimate of drug-likeness (QED) is 0.602. The molecule has 0 saturated carbocycles. The van der Waals surface area contributed by atoms with Crippen LogP contribution >= 0.6 is 0 Å². The van der Waals surface area contributed by atoms with Gasteiger partial charge in [-0.2, -0.15) is 13.2 Å². The molecule has 2 aromatic rings. The van der Waals surface area contributed by atoms with Gasteiger partial charge in [-0.25, -0.2) is 13.1 Å². The highest BCUT2D eigenvalue weighted by molar-refractivity contribution is 7.89. The molecule has 1 aliphatic rings. The summed E-state index contributed by atoms with van der Waals surface area (Å²) in [6, 6.07) is 11.2. The number of amides is 1. The first-order valence-electron chi connectivity index (χ1n) is 10.8. The van der Waals surface area contributed by atoms with Crippen LogP contribution < -0.4 is 10.0 Å². The molecule has 2 aromatic carbocycles. The summed E-state index contributed by atoms with van der Waals surface area (Å²) < 4.78 is 65.0. The van der Waals surface area contributed by atoms with E-state index in [1.165, 1.54) is 18.4 Å². The number of halogens is 3. The van der Waals surface area contributed by atoms with E-state index in [1.54, 1.807) is 0 Å². The van der Waals surface area contributed by atoms with Crippen LogP contribution in [-0.4, -0.2) is 38.9 Å². The van der Waals surface area contributed by atoms with Crippen LogP contribution in [-0.2, 0) is 34.1 Å². The number of likely N-dealkylation sites (tertiary alicyclic amines) is 1. The normalized spacial score (nSPS) is 17.6. The number of piperidine rings is 1. The maximum absolute atomic E-state index is 12.8. The third kappa shape index (κ3) is 7.55. The second-order valence-electron chi connectivity index (χ2n) is 8.43. The average Bonchev–Trinajstić information content (AvgIpc) is 2.77. The Labute approximate surface area is 192 Å². The first-order chi connectivity index (χ1) is 15.5. The molecule has 6 nitrogen and oxygen atoms in total. The lowest BCUT2D eigenvalue weighted by atomic mass is 9.99. The van der Waals surface area contributed by atoms with E-state index in [-0.39, 0.29) is 6.54 Å². The molecule has 1 fully saturated rings.